The Bertz CT molecular complexity index is 156. The summed E-state index contributed by atoms with van der Waals surface area (Å²) in [5, 5.41) is 2.12. The minimum atomic E-state index is 0.272. The zero-order valence-corrected chi connectivity index (χ0v) is 7.14. The second kappa shape index (κ2) is 1.41. The smallest absolute Gasteiger partial charge is 0.160 e. The van der Waals surface area contributed by atoms with Crippen LogP contribution in [0, 0.1) is 5.41 Å². The molecule has 0 aromatic heterocycles. The summed E-state index contributed by atoms with van der Waals surface area (Å²) in [4.78, 5) is 5.42. The van der Waals surface area contributed by atoms with Crippen LogP contribution in [-0.2, 0) is 4.84 Å². The minimum absolute atomic E-state index is 0.272. The van der Waals surface area contributed by atoms with Gasteiger partial charge < -0.3 is 0 Å². The molecule has 2 atom stereocenters. The Morgan fingerprint density at radius 1 is 1.30 bits per heavy atom. The van der Waals surface area contributed by atoms with Crippen molar-refractivity contribution in [3.63, 3.8) is 0 Å². The maximum atomic E-state index is 5.42. The highest BCUT2D eigenvalue weighted by molar-refractivity contribution is 5.03. The van der Waals surface area contributed by atoms with E-state index in [9.17, 15) is 0 Å². The molecule has 2 rings (SSSR count). The van der Waals surface area contributed by atoms with Crippen LogP contribution < -0.4 is 0 Å². The summed E-state index contributed by atoms with van der Waals surface area (Å²) >= 11 is 0. The quantitative estimate of drug-likeness (QED) is 0.478. The minimum Gasteiger partial charge on any atom is -0.274 e. The van der Waals surface area contributed by atoms with Gasteiger partial charge in [-0.3, -0.25) is 4.84 Å². The molecular formula is C8H15NO. The summed E-state index contributed by atoms with van der Waals surface area (Å²) in [5.41, 5.74) is 0.637. The van der Waals surface area contributed by atoms with Crippen molar-refractivity contribution >= 4 is 0 Å². The Kier molecular flexibility index (Phi) is 0.933. The number of nitrogens with zero attached hydrogens (tertiary/aromatic N) is 1. The number of rotatable bonds is 0. The zero-order valence-electron chi connectivity index (χ0n) is 7.14. The lowest BCUT2D eigenvalue weighted by Crippen LogP contribution is -2.27. The maximum Gasteiger partial charge on any atom is 0.160 e. The maximum absolute atomic E-state index is 5.42. The number of hydrogen-bond donors (Lipinski definition) is 0. The van der Waals surface area contributed by atoms with E-state index in [-0.39, 0.29) is 5.54 Å². The number of hydrogen-bond acceptors (Lipinski definition) is 2. The fourth-order valence-electron chi connectivity index (χ4n) is 2.28. The van der Waals surface area contributed by atoms with E-state index in [2.05, 4.69) is 32.8 Å². The third-order valence-electron chi connectivity index (χ3n) is 2.53. The average molecular weight is 141 g/mol. The Hall–Kier alpha value is -0.0800. The lowest BCUT2D eigenvalue weighted by Gasteiger charge is -2.24. The van der Waals surface area contributed by atoms with E-state index in [1.54, 1.807) is 0 Å². The van der Waals surface area contributed by atoms with E-state index in [0.717, 1.165) is 0 Å². The van der Waals surface area contributed by atoms with Gasteiger partial charge in [-0.15, -0.1) is 0 Å². The van der Waals surface area contributed by atoms with Crippen LogP contribution in [0.5, 0.6) is 0 Å². The van der Waals surface area contributed by atoms with Gasteiger partial charge in [-0.1, -0.05) is 13.8 Å². The molecule has 2 heteroatoms. The molecule has 0 aromatic rings. The predicted octanol–water partition coefficient (Wildman–Crippen LogP) is 1.77. The van der Waals surface area contributed by atoms with Gasteiger partial charge >= 0.3 is 0 Å². The number of hydroxylamine groups is 2. The molecule has 10 heavy (non-hydrogen) atoms. The second-order valence-electron chi connectivity index (χ2n) is 4.76. The van der Waals surface area contributed by atoms with Crippen molar-refractivity contribution in [2.75, 3.05) is 0 Å². The molecule has 2 fully saturated rings. The largest absolute Gasteiger partial charge is 0.274 e. The highest BCUT2D eigenvalue weighted by Gasteiger charge is 2.63. The van der Waals surface area contributed by atoms with E-state index < -0.39 is 0 Å². The van der Waals surface area contributed by atoms with Gasteiger partial charge in [0.1, 0.15) is 0 Å². The normalized spacial score (nSPS) is 46.8. The van der Waals surface area contributed by atoms with Gasteiger partial charge in [-0.25, -0.2) is 0 Å². The summed E-state index contributed by atoms with van der Waals surface area (Å²) in [6.07, 6.45) is 1.65. The Balaban J connectivity index is 2.24. The molecule has 0 amide bonds. The molecule has 2 nitrogen and oxygen atoms in total. The lowest BCUT2D eigenvalue weighted by molar-refractivity contribution is 0.0486. The Labute approximate surface area is 62.1 Å². The van der Waals surface area contributed by atoms with Gasteiger partial charge in [0.2, 0.25) is 0 Å². The van der Waals surface area contributed by atoms with Crippen LogP contribution in [0.4, 0.5) is 0 Å². The van der Waals surface area contributed by atoms with Crippen LogP contribution in [0.3, 0.4) is 0 Å². The van der Waals surface area contributed by atoms with Crippen LogP contribution in [-0.4, -0.2) is 16.8 Å². The first-order valence-corrected chi connectivity index (χ1v) is 3.90. The SMILES string of the molecule is CC1(C)CC(C)(C)N2OC21. The number of fused-ring (bicyclic) bond motifs is 1. The van der Waals surface area contributed by atoms with Gasteiger partial charge in [-0.05, 0) is 20.3 Å². The van der Waals surface area contributed by atoms with Crippen LogP contribution >= 0.6 is 0 Å². The van der Waals surface area contributed by atoms with E-state index in [1.165, 1.54) is 6.42 Å². The van der Waals surface area contributed by atoms with Crippen molar-refractivity contribution in [1.82, 2.24) is 5.06 Å². The van der Waals surface area contributed by atoms with Crippen molar-refractivity contribution < 1.29 is 4.84 Å². The molecule has 2 unspecified atom stereocenters. The molecule has 2 heterocycles. The van der Waals surface area contributed by atoms with Crippen LogP contribution in [0.25, 0.3) is 0 Å². The van der Waals surface area contributed by atoms with Crippen molar-refractivity contribution in [2.24, 2.45) is 5.41 Å². The van der Waals surface area contributed by atoms with Gasteiger partial charge in [0.15, 0.2) is 6.23 Å². The molecule has 2 aliphatic heterocycles. The summed E-state index contributed by atoms with van der Waals surface area (Å²) < 4.78 is 0. The molecule has 0 N–H and O–H groups in total. The van der Waals surface area contributed by atoms with E-state index >= 15 is 0 Å². The van der Waals surface area contributed by atoms with E-state index in [0.29, 0.717) is 11.6 Å². The van der Waals surface area contributed by atoms with E-state index in [4.69, 9.17) is 4.84 Å². The first-order chi connectivity index (χ1) is 4.43. The van der Waals surface area contributed by atoms with Gasteiger partial charge in [-0.2, -0.15) is 5.06 Å². The molecule has 2 aliphatic rings. The van der Waals surface area contributed by atoms with Gasteiger partial charge in [0.05, 0.1) is 0 Å². The molecule has 0 spiro atoms. The standard InChI is InChI=1S/C8H15NO/c1-7(2)5-8(3,4)9-6(7)10-9/h6H,5H2,1-4H3. The van der Waals surface area contributed by atoms with Crippen LogP contribution in [0.1, 0.15) is 34.1 Å². The Morgan fingerprint density at radius 2 is 1.90 bits per heavy atom. The fourth-order valence-corrected chi connectivity index (χ4v) is 2.28. The fraction of sp³-hybridized carbons (Fsp3) is 1.00. The second-order valence-corrected chi connectivity index (χ2v) is 4.76. The summed E-state index contributed by atoms with van der Waals surface area (Å²) in [5.74, 6) is 0. The summed E-state index contributed by atoms with van der Waals surface area (Å²) in [6.45, 7) is 9.02. The van der Waals surface area contributed by atoms with Crippen molar-refractivity contribution in [2.45, 2.75) is 45.9 Å². The molecule has 0 aliphatic carbocycles. The van der Waals surface area contributed by atoms with Crippen molar-refractivity contribution in [3.05, 3.63) is 0 Å². The molecule has 2 saturated heterocycles. The molecule has 58 valence electrons. The van der Waals surface area contributed by atoms with Crippen molar-refractivity contribution in [1.29, 1.82) is 0 Å². The molecule has 0 bridgehead atoms. The van der Waals surface area contributed by atoms with Crippen LogP contribution in [0.15, 0.2) is 0 Å². The van der Waals surface area contributed by atoms with Gasteiger partial charge in [0, 0.05) is 11.0 Å². The third kappa shape index (κ3) is 0.663. The van der Waals surface area contributed by atoms with E-state index in [1.807, 2.05) is 0 Å². The topological polar surface area (TPSA) is 15.5 Å². The first-order valence-electron chi connectivity index (χ1n) is 3.90. The van der Waals surface area contributed by atoms with Crippen molar-refractivity contribution in [3.8, 4) is 0 Å². The average Bonchev–Trinajstić information content (AvgIpc) is 2.29. The molecular weight excluding hydrogens is 126 g/mol. The highest BCUT2D eigenvalue weighted by atomic mass is 16.8. The summed E-state index contributed by atoms with van der Waals surface area (Å²) in [7, 11) is 0. The Morgan fingerprint density at radius 3 is 2.00 bits per heavy atom. The zero-order chi connectivity index (χ0) is 7.57. The van der Waals surface area contributed by atoms with Gasteiger partial charge in [0.25, 0.3) is 0 Å². The summed E-state index contributed by atoms with van der Waals surface area (Å²) in [6, 6.07) is 0. The predicted molar refractivity (Wildman–Crippen MR) is 39.2 cm³/mol. The lowest BCUT2D eigenvalue weighted by atomic mass is 9.85. The highest BCUT2D eigenvalue weighted by Crippen LogP contribution is 2.55. The molecule has 0 aromatic carbocycles. The first kappa shape index (κ1) is 6.62. The molecule has 0 saturated carbocycles. The molecule has 0 radical (unpaired) electrons. The van der Waals surface area contributed by atoms with Crippen LogP contribution in [0.2, 0.25) is 0 Å². The monoisotopic (exact) mass is 141 g/mol. The third-order valence-corrected chi connectivity index (χ3v) is 2.53.